The average Bonchev–Trinajstić information content (AvgIpc) is 2.31. The zero-order chi connectivity index (χ0) is 11.8. The van der Waals surface area contributed by atoms with Crippen LogP contribution in [0.4, 0.5) is 0 Å². The minimum Gasteiger partial charge on any atom is -0.188 e. The van der Waals surface area contributed by atoms with Crippen LogP contribution in [-0.2, 0) is 10.5 Å². The standard InChI is InChI=1S/C12H10.HNO2S/c1-3-7-11(8-4-1)12-9-5-2-6-10-12;1-4(2)3/h1-10H;1H. The highest BCUT2D eigenvalue weighted by Gasteiger charge is 1.91. The van der Waals surface area contributed by atoms with Crippen LogP contribution in [0.5, 0.6) is 0 Å². The van der Waals surface area contributed by atoms with Crippen molar-refractivity contribution in [1.82, 2.24) is 0 Å². The molecule has 2 rings (SSSR count). The Bertz CT molecular complexity index is 476. The molecule has 0 radical (unpaired) electrons. The van der Waals surface area contributed by atoms with E-state index in [2.05, 4.69) is 48.5 Å². The van der Waals surface area contributed by atoms with Crippen LogP contribution >= 0.6 is 0 Å². The summed E-state index contributed by atoms with van der Waals surface area (Å²) >= 11 is 0. The first-order valence-electron chi connectivity index (χ1n) is 4.61. The summed E-state index contributed by atoms with van der Waals surface area (Å²) in [6.45, 7) is 0. The van der Waals surface area contributed by atoms with Crippen molar-refractivity contribution in [2.24, 2.45) is 0 Å². The molecule has 0 spiro atoms. The molecular formula is C12H11NO2S. The van der Waals surface area contributed by atoms with E-state index in [0.717, 1.165) is 0 Å². The Balaban J connectivity index is 0.000000280. The first-order valence-corrected chi connectivity index (χ1v) is 5.68. The molecule has 0 bridgehead atoms. The van der Waals surface area contributed by atoms with E-state index >= 15 is 0 Å². The zero-order valence-electron chi connectivity index (χ0n) is 8.50. The predicted octanol–water partition coefficient (Wildman–Crippen LogP) is 2.98. The fourth-order valence-electron chi connectivity index (χ4n) is 1.26. The monoisotopic (exact) mass is 233 g/mol. The molecule has 3 nitrogen and oxygen atoms in total. The van der Waals surface area contributed by atoms with E-state index in [1.807, 2.05) is 12.1 Å². The van der Waals surface area contributed by atoms with Gasteiger partial charge in [0, 0.05) is 0 Å². The lowest BCUT2D eigenvalue weighted by Gasteiger charge is -1.98. The van der Waals surface area contributed by atoms with Crippen molar-refractivity contribution in [3.05, 3.63) is 60.7 Å². The molecule has 0 aliphatic carbocycles. The Morgan fingerprint density at radius 3 is 1.19 bits per heavy atom. The molecule has 0 aliphatic heterocycles. The fourth-order valence-corrected chi connectivity index (χ4v) is 1.26. The first kappa shape index (κ1) is 12.1. The van der Waals surface area contributed by atoms with Gasteiger partial charge >= 0.3 is 10.5 Å². The lowest BCUT2D eigenvalue weighted by molar-refractivity contribution is 0.620. The normalized spacial score (nSPS) is 8.75. The molecule has 2 aromatic carbocycles. The van der Waals surface area contributed by atoms with Crippen LogP contribution < -0.4 is 0 Å². The predicted molar refractivity (Wildman–Crippen MR) is 63.5 cm³/mol. The van der Waals surface area contributed by atoms with Crippen LogP contribution in [0.15, 0.2) is 60.7 Å². The summed E-state index contributed by atoms with van der Waals surface area (Å²) in [6.07, 6.45) is 0. The van der Waals surface area contributed by atoms with E-state index in [9.17, 15) is 0 Å². The lowest BCUT2D eigenvalue weighted by atomic mass is 10.1. The average molecular weight is 233 g/mol. The third-order valence-corrected chi connectivity index (χ3v) is 1.88. The summed E-state index contributed by atoms with van der Waals surface area (Å²) in [6, 6.07) is 20.8. The van der Waals surface area contributed by atoms with Gasteiger partial charge in [0.05, 0.1) is 0 Å². The molecule has 0 unspecified atom stereocenters. The maximum absolute atomic E-state index is 8.67. The first-order chi connectivity index (χ1) is 7.70. The second-order valence-corrected chi connectivity index (χ2v) is 3.44. The summed E-state index contributed by atoms with van der Waals surface area (Å²) in [5.74, 6) is 0. The number of benzene rings is 2. The van der Waals surface area contributed by atoms with Crippen LogP contribution in [0, 0.1) is 4.78 Å². The second-order valence-electron chi connectivity index (χ2n) is 2.97. The number of rotatable bonds is 1. The lowest BCUT2D eigenvalue weighted by Crippen LogP contribution is -1.73. The maximum atomic E-state index is 8.67. The van der Waals surface area contributed by atoms with Crippen molar-refractivity contribution >= 4 is 10.5 Å². The molecule has 2 aromatic rings. The van der Waals surface area contributed by atoms with Crippen molar-refractivity contribution in [2.45, 2.75) is 0 Å². The topological polar surface area (TPSA) is 58.0 Å². The molecule has 0 atom stereocenters. The van der Waals surface area contributed by atoms with Gasteiger partial charge in [0.2, 0.25) is 0 Å². The van der Waals surface area contributed by atoms with Gasteiger partial charge in [-0.05, 0) is 11.1 Å². The van der Waals surface area contributed by atoms with Crippen LogP contribution in [0.25, 0.3) is 11.1 Å². The molecule has 0 aliphatic rings. The number of nitrogens with one attached hydrogen (secondary N) is 1. The Kier molecular flexibility index (Phi) is 4.95. The number of hydrogen-bond donors (Lipinski definition) is 1. The summed E-state index contributed by atoms with van der Waals surface area (Å²) in [7, 11) is -2.61. The summed E-state index contributed by atoms with van der Waals surface area (Å²) in [4.78, 5) is 0. The molecule has 0 saturated carbocycles. The van der Waals surface area contributed by atoms with Gasteiger partial charge in [0.25, 0.3) is 0 Å². The zero-order valence-corrected chi connectivity index (χ0v) is 9.31. The molecule has 0 fully saturated rings. The molecule has 0 aromatic heterocycles. The van der Waals surface area contributed by atoms with Gasteiger partial charge in [0.15, 0.2) is 0 Å². The third-order valence-electron chi connectivity index (χ3n) is 1.88. The van der Waals surface area contributed by atoms with Gasteiger partial charge in [-0.25, -0.2) is 0 Å². The molecule has 0 amide bonds. The van der Waals surface area contributed by atoms with E-state index in [1.54, 1.807) is 0 Å². The summed E-state index contributed by atoms with van der Waals surface area (Å²) < 4.78 is 22.8. The highest BCUT2D eigenvalue weighted by atomic mass is 32.2. The SMILES string of the molecule is N=S(=O)=O.c1ccc(-c2ccccc2)cc1. The van der Waals surface area contributed by atoms with Gasteiger partial charge in [-0.2, -0.15) is 13.2 Å². The van der Waals surface area contributed by atoms with Crippen molar-refractivity contribution in [2.75, 3.05) is 0 Å². The Hall–Kier alpha value is -1.94. The van der Waals surface area contributed by atoms with Crippen molar-refractivity contribution < 1.29 is 8.42 Å². The Morgan fingerprint density at radius 1 is 0.688 bits per heavy atom. The molecule has 0 saturated heterocycles. The van der Waals surface area contributed by atoms with Crippen molar-refractivity contribution in [3.63, 3.8) is 0 Å². The van der Waals surface area contributed by atoms with Crippen molar-refractivity contribution in [3.8, 4) is 11.1 Å². The smallest absolute Gasteiger partial charge is 0.188 e. The summed E-state index contributed by atoms with van der Waals surface area (Å²) in [5.41, 5.74) is 2.55. The van der Waals surface area contributed by atoms with Gasteiger partial charge in [-0.1, -0.05) is 60.7 Å². The van der Waals surface area contributed by atoms with Gasteiger partial charge in [-0.15, -0.1) is 0 Å². The molecule has 0 heterocycles. The quantitative estimate of drug-likeness (QED) is 0.823. The molecular weight excluding hydrogens is 222 g/mol. The maximum Gasteiger partial charge on any atom is 0.308 e. The van der Waals surface area contributed by atoms with Gasteiger partial charge < -0.3 is 0 Å². The second kappa shape index (κ2) is 6.53. The highest BCUT2D eigenvalue weighted by molar-refractivity contribution is 7.60. The Labute approximate surface area is 95.9 Å². The van der Waals surface area contributed by atoms with E-state index in [4.69, 9.17) is 13.2 Å². The molecule has 4 heteroatoms. The van der Waals surface area contributed by atoms with Crippen LogP contribution in [0.3, 0.4) is 0 Å². The molecule has 16 heavy (non-hydrogen) atoms. The molecule has 1 N–H and O–H groups in total. The largest absolute Gasteiger partial charge is 0.308 e. The fraction of sp³-hybridized carbons (Fsp3) is 0. The third kappa shape index (κ3) is 4.52. The van der Waals surface area contributed by atoms with Crippen LogP contribution in [0.2, 0.25) is 0 Å². The van der Waals surface area contributed by atoms with Crippen LogP contribution in [-0.4, -0.2) is 8.42 Å². The highest BCUT2D eigenvalue weighted by Crippen LogP contribution is 2.17. The van der Waals surface area contributed by atoms with E-state index in [1.165, 1.54) is 11.1 Å². The van der Waals surface area contributed by atoms with E-state index < -0.39 is 10.5 Å². The van der Waals surface area contributed by atoms with E-state index in [0.29, 0.717) is 0 Å². The Morgan fingerprint density at radius 2 is 0.938 bits per heavy atom. The van der Waals surface area contributed by atoms with Crippen molar-refractivity contribution in [1.29, 1.82) is 4.78 Å². The van der Waals surface area contributed by atoms with Gasteiger partial charge in [0.1, 0.15) is 0 Å². The summed E-state index contributed by atoms with van der Waals surface area (Å²) in [5, 5.41) is 0. The minimum absolute atomic E-state index is 1.28. The van der Waals surface area contributed by atoms with Gasteiger partial charge in [-0.3, -0.25) is 0 Å². The van der Waals surface area contributed by atoms with E-state index in [-0.39, 0.29) is 0 Å². The minimum atomic E-state index is -2.61. The number of hydrogen-bond acceptors (Lipinski definition) is 3. The van der Waals surface area contributed by atoms with Crippen LogP contribution in [0.1, 0.15) is 0 Å². The molecule has 82 valence electrons.